The molecule has 2 saturated heterocycles. The molecule has 2 aliphatic rings. The van der Waals surface area contributed by atoms with E-state index in [1.165, 1.54) is 10.6 Å². The van der Waals surface area contributed by atoms with Gasteiger partial charge in [-0.2, -0.15) is 4.31 Å². The second-order valence-corrected chi connectivity index (χ2v) is 7.83. The number of carbonyl (C=O) groups excluding carboxylic acids is 2. The van der Waals surface area contributed by atoms with Crippen LogP contribution in [0.4, 0.5) is 0 Å². The molecule has 2 amide bonds. The number of hydrogen-bond acceptors (Lipinski definition) is 5. The van der Waals surface area contributed by atoms with Gasteiger partial charge in [-0.3, -0.25) is 14.5 Å². The number of carbonyl (C=O) groups is 2. The van der Waals surface area contributed by atoms with Crippen molar-refractivity contribution in [3.63, 3.8) is 0 Å². The molecule has 0 saturated carbocycles. The second kappa shape index (κ2) is 7.38. The Kier molecular flexibility index (Phi) is 5.76. The molecule has 22 heavy (non-hydrogen) atoms. The number of nitrogens with one attached hydrogen (secondary N) is 2. The van der Waals surface area contributed by atoms with E-state index in [4.69, 9.17) is 0 Å². The van der Waals surface area contributed by atoms with Crippen LogP contribution < -0.4 is 10.6 Å². The molecule has 8 nitrogen and oxygen atoms in total. The van der Waals surface area contributed by atoms with Gasteiger partial charge in [0.2, 0.25) is 21.8 Å². The van der Waals surface area contributed by atoms with E-state index < -0.39 is 16.1 Å². The maximum Gasteiger partial charge on any atom is 0.242 e. The highest BCUT2D eigenvalue weighted by Gasteiger charge is 2.26. The first kappa shape index (κ1) is 17.2. The summed E-state index contributed by atoms with van der Waals surface area (Å²) in [5, 5.41) is 5.56. The minimum atomic E-state index is -3.16. The molecule has 2 aliphatic heterocycles. The zero-order valence-electron chi connectivity index (χ0n) is 12.9. The van der Waals surface area contributed by atoms with Gasteiger partial charge >= 0.3 is 0 Å². The van der Waals surface area contributed by atoms with E-state index in [1.54, 1.807) is 0 Å². The Morgan fingerprint density at radius 2 is 1.95 bits per heavy atom. The summed E-state index contributed by atoms with van der Waals surface area (Å²) in [7, 11) is -3.16. The molecule has 126 valence electrons. The van der Waals surface area contributed by atoms with Crippen molar-refractivity contribution in [1.82, 2.24) is 19.8 Å². The number of nitrogens with zero attached hydrogens (tertiary/aromatic N) is 2. The van der Waals surface area contributed by atoms with E-state index in [9.17, 15) is 18.0 Å². The van der Waals surface area contributed by atoms with Crippen LogP contribution in [0, 0.1) is 0 Å². The van der Waals surface area contributed by atoms with Crippen molar-refractivity contribution in [2.45, 2.75) is 25.3 Å². The molecule has 2 rings (SSSR count). The van der Waals surface area contributed by atoms with Crippen LogP contribution >= 0.6 is 0 Å². The van der Waals surface area contributed by atoms with Crippen molar-refractivity contribution in [1.29, 1.82) is 0 Å². The number of amides is 2. The molecular weight excluding hydrogens is 308 g/mol. The van der Waals surface area contributed by atoms with Crippen LogP contribution in [0.1, 0.15) is 19.3 Å². The lowest BCUT2D eigenvalue weighted by molar-refractivity contribution is -0.129. The van der Waals surface area contributed by atoms with E-state index >= 15 is 0 Å². The lowest BCUT2D eigenvalue weighted by atomic mass is 10.1. The number of hydrogen-bond donors (Lipinski definition) is 2. The van der Waals surface area contributed by atoms with Crippen LogP contribution in [0.5, 0.6) is 0 Å². The molecule has 2 N–H and O–H groups in total. The SMILES string of the molecule is CS(=O)(=O)N1CCN(CC(=O)NC2CCCCNC2=O)CC1. The molecule has 0 aromatic heterocycles. The monoisotopic (exact) mass is 332 g/mol. The van der Waals surface area contributed by atoms with Crippen molar-refractivity contribution >= 4 is 21.8 Å². The summed E-state index contributed by atoms with van der Waals surface area (Å²) in [5.74, 6) is -0.303. The average molecular weight is 332 g/mol. The lowest BCUT2D eigenvalue weighted by Gasteiger charge is -2.32. The van der Waals surface area contributed by atoms with Crippen LogP contribution in [-0.2, 0) is 19.6 Å². The zero-order chi connectivity index (χ0) is 16.2. The Bertz CT molecular complexity index is 514. The first-order valence-electron chi connectivity index (χ1n) is 7.61. The fraction of sp³-hybridized carbons (Fsp3) is 0.846. The first-order valence-corrected chi connectivity index (χ1v) is 9.45. The largest absolute Gasteiger partial charge is 0.354 e. The average Bonchev–Trinajstić information content (AvgIpc) is 2.64. The van der Waals surface area contributed by atoms with Crippen molar-refractivity contribution in [3.05, 3.63) is 0 Å². The van der Waals surface area contributed by atoms with Crippen molar-refractivity contribution in [2.24, 2.45) is 0 Å². The predicted molar refractivity (Wildman–Crippen MR) is 81.6 cm³/mol. The van der Waals surface area contributed by atoms with Crippen LogP contribution in [-0.4, -0.2) is 81.0 Å². The number of sulfonamides is 1. The molecule has 1 unspecified atom stereocenters. The zero-order valence-corrected chi connectivity index (χ0v) is 13.7. The van der Waals surface area contributed by atoms with Crippen molar-refractivity contribution in [3.8, 4) is 0 Å². The van der Waals surface area contributed by atoms with Gasteiger partial charge in [0.05, 0.1) is 12.8 Å². The summed E-state index contributed by atoms with van der Waals surface area (Å²) in [6, 6.07) is -0.452. The standard InChI is InChI=1S/C13H24N4O4S/c1-22(20,21)17-8-6-16(7-9-17)10-12(18)15-11-4-2-3-5-14-13(11)19/h11H,2-10H2,1H3,(H,14,19)(H,15,18). The molecule has 2 heterocycles. The summed E-state index contributed by atoms with van der Waals surface area (Å²) in [6.07, 6.45) is 3.71. The Morgan fingerprint density at radius 1 is 1.27 bits per heavy atom. The van der Waals surface area contributed by atoms with Crippen molar-refractivity contribution < 1.29 is 18.0 Å². The molecule has 0 radical (unpaired) electrons. The highest BCUT2D eigenvalue weighted by Crippen LogP contribution is 2.07. The predicted octanol–water partition coefficient (Wildman–Crippen LogP) is -1.65. The number of rotatable bonds is 4. The van der Waals surface area contributed by atoms with Gasteiger partial charge in [0, 0.05) is 32.7 Å². The Balaban J connectivity index is 1.77. The second-order valence-electron chi connectivity index (χ2n) is 5.85. The molecule has 1 atom stereocenters. The van der Waals surface area contributed by atoms with Gasteiger partial charge in [-0.15, -0.1) is 0 Å². The molecule has 0 bridgehead atoms. The topological polar surface area (TPSA) is 98.8 Å². The lowest BCUT2D eigenvalue weighted by Crippen LogP contribution is -2.53. The fourth-order valence-corrected chi connectivity index (χ4v) is 3.57. The van der Waals surface area contributed by atoms with Crippen LogP contribution in [0.3, 0.4) is 0 Å². The summed E-state index contributed by atoms with van der Waals surface area (Å²) in [5.41, 5.74) is 0. The molecule has 0 spiro atoms. The minimum absolute atomic E-state index is 0.118. The van der Waals surface area contributed by atoms with Gasteiger partial charge in [0.15, 0.2) is 0 Å². The number of piperazine rings is 1. The van der Waals surface area contributed by atoms with Gasteiger partial charge in [0.25, 0.3) is 0 Å². The van der Waals surface area contributed by atoms with Gasteiger partial charge in [-0.05, 0) is 19.3 Å². The Morgan fingerprint density at radius 3 is 2.59 bits per heavy atom. The third-order valence-electron chi connectivity index (χ3n) is 4.04. The van der Waals surface area contributed by atoms with Gasteiger partial charge in [-0.1, -0.05) is 0 Å². The van der Waals surface area contributed by atoms with Gasteiger partial charge in [0.1, 0.15) is 6.04 Å². The first-order chi connectivity index (χ1) is 10.4. The molecule has 9 heteroatoms. The summed E-state index contributed by atoms with van der Waals surface area (Å²) < 4.78 is 24.3. The van der Waals surface area contributed by atoms with E-state index in [0.29, 0.717) is 39.1 Å². The highest BCUT2D eigenvalue weighted by atomic mass is 32.2. The smallest absolute Gasteiger partial charge is 0.242 e. The van der Waals surface area contributed by atoms with Gasteiger partial charge in [-0.25, -0.2) is 8.42 Å². The third-order valence-corrected chi connectivity index (χ3v) is 5.34. The van der Waals surface area contributed by atoms with Gasteiger partial charge < -0.3 is 10.6 Å². The molecule has 2 fully saturated rings. The summed E-state index contributed by atoms with van der Waals surface area (Å²) >= 11 is 0. The molecule has 0 aromatic rings. The maximum absolute atomic E-state index is 12.1. The highest BCUT2D eigenvalue weighted by molar-refractivity contribution is 7.88. The van der Waals surface area contributed by atoms with E-state index in [0.717, 1.165) is 12.8 Å². The maximum atomic E-state index is 12.1. The quantitative estimate of drug-likeness (QED) is 0.643. The third kappa shape index (κ3) is 4.92. The van der Waals surface area contributed by atoms with E-state index in [1.807, 2.05) is 4.90 Å². The Hall–Kier alpha value is -1.19. The normalized spacial score (nSPS) is 25.3. The summed E-state index contributed by atoms with van der Waals surface area (Å²) in [4.78, 5) is 25.7. The van der Waals surface area contributed by atoms with Crippen LogP contribution in [0.25, 0.3) is 0 Å². The minimum Gasteiger partial charge on any atom is -0.354 e. The van der Waals surface area contributed by atoms with E-state index in [-0.39, 0.29) is 18.4 Å². The molecular formula is C13H24N4O4S. The van der Waals surface area contributed by atoms with Crippen LogP contribution in [0.15, 0.2) is 0 Å². The van der Waals surface area contributed by atoms with Crippen molar-refractivity contribution in [2.75, 3.05) is 45.5 Å². The molecule has 0 aliphatic carbocycles. The fourth-order valence-electron chi connectivity index (χ4n) is 2.74. The Labute approximate surface area is 131 Å². The van der Waals surface area contributed by atoms with E-state index in [2.05, 4.69) is 10.6 Å². The molecule has 0 aromatic carbocycles. The van der Waals surface area contributed by atoms with Crippen LogP contribution in [0.2, 0.25) is 0 Å². The summed E-state index contributed by atoms with van der Waals surface area (Å²) in [6.45, 7) is 2.71.